The molecule has 1 aromatic rings. The Kier molecular flexibility index (Phi) is 6.73. The average Bonchev–Trinajstić information content (AvgIpc) is 3.43. The Labute approximate surface area is 152 Å². The maximum absolute atomic E-state index is 12.1. The minimum absolute atomic E-state index is 0.159. The number of rotatable bonds is 10. The molecule has 26 heavy (non-hydrogen) atoms. The number of ether oxygens (including phenoxy) is 1. The van der Waals surface area contributed by atoms with Gasteiger partial charge in [0, 0.05) is 32.2 Å². The van der Waals surface area contributed by atoms with Crippen LogP contribution in [0.3, 0.4) is 0 Å². The minimum atomic E-state index is -0.501. The van der Waals surface area contributed by atoms with E-state index in [1.165, 1.54) is 7.11 Å². The van der Waals surface area contributed by atoms with Gasteiger partial charge in [0.2, 0.25) is 5.91 Å². The number of terminal acetylenes is 1. The van der Waals surface area contributed by atoms with Crippen LogP contribution in [0.1, 0.15) is 31.2 Å². The largest absolute Gasteiger partial charge is 0.508 e. The molecule has 7 heteroatoms. The van der Waals surface area contributed by atoms with Crippen molar-refractivity contribution in [3.63, 3.8) is 0 Å². The first kappa shape index (κ1) is 19.4. The predicted molar refractivity (Wildman–Crippen MR) is 95.2 cm³/mol. The average molecular weight is 357 g/mol. The van der Waals surface area contributed by atoms with E-state index in [0.717, 1.165) is 5.56 Å². The Morgan fingerprint density at radius 3 is 2.58 bits per heavy atom. The lowest BCUT2D eigenvalue weighted by Crippen LogP contribution is -2.35. The summed E-state index contributed by atoms with van der Waals surface area (Å²) in [6.07, 6.45) is 7.66. The van der Waals surface area contributed by atoms with Crippen LogP contribution in [0.15, 0.2) is 34.5 Å². The van der Waals surface area contributed by atoms with Crippen molar-refractivity contribution in [1.29, 1.82) is 0 Å². The van der Waals surface area contributed by atoms with Crippen LogP contribution in [0, 0.1) is 18.3 Å². The highest BCUT2D eigenvalue weighted by Gasteiger charge is 2.39. The van der Waals surface area contributed by atoms with Crippen LogP contribution >= 0.6 is 0 Å². The summed E-state index contributed by atoms with van der Waals surface area (Å²) in [5.74, 6) is 1.65. The van der Waals surface area contributed by atoms with E-state index in [4.69, 9.17) is 11.2 Å². The van der Waals surface area contributed by atoms with Crippen molar-refractivity contribution in [3.05, 3.63) is 29.8 Å². The number of amides is 1. The summed E-state index contributed by atoms with van der Waals surface area (Å²) in [5.41, 5.74) is 0.383. The zero-order valence-electron chi connectivity index (χ0n) is 14.8. The molecule has 0 bridgehead atoms. The van der Waals surface area contributed by atoms with Gasteiger partial charge < -0.3 is 15.2 Å². The molecule has 1 heterocycles. The van der Waals surface area contributed by atoms with Crippen molar-refractivity contribution in [3.8, 4) is 18.1 Å². The Bertz CT molecular complexity index is 700. The van der Waals surface area contributed by atoms with Crippen LogP contribution in [-0.4, -0.2) is 36.3 Å². The van der Waals surface area contributed by atoms with Gasteiger partial charge in [-0.25, -0.2) is 0 Å². The highest BCUT2D eigenvalue weighted by atomic mass is 16.5. The third kappa shape index (κ3) is 5.88. The number of phenolic OH excluding ortho intramolecular Hbond substituents is 1. The number of hydrogen-bond acceptors (Lipinski definition) is 6. The first-order valence-electron chi connectivity index (χ1n) is 8.48. The van der Waals surface area contributed by atoms with Gasteiger partial charge in [-0.3, -0.25) is 9.59 Å². The van der Waals surface area contributed by atoms with E-state index < -0.39 is 17.6 Å². The molecular formula is C19H23N3O4. The maximum atomic E-state index is 12.1. The summed E-state index contributed by atoms with van der Waals surface area (Å²) in [7, 11) is 1.32. The number of esters is 1. The van der Waals surface area contributed by atoms with E-state index in [2.05, 4.69) is 21.5 Å². The lowest BCUT2D eigenvalue weighted by Gasteiger charge is -2.16. The molecule has 0 saturated heterocycles. The molecule has 1 aromatic carbocycles. The second-order valence-electron chi connectivity index (χ2n) is 6.28. The summed E-state index contributed by atoms with van der Waals surface area (Å²) in [4.78, 5) is 24.1. The maximum Gasteiger partial charge on any atom is 0.310 e. The summed E-state index contributed by atoms with van der Waals surface area (Å²) in [6.45, 7) is 0.179. The molecule has 1 aliphatic heterocycles. The van der Waals surface area contributed by atoms with E-state index in [0.29, 0.717) is 25.7 Å². The topological polar surface area (TPSA) is 100 Å². The zero-order valence-corrected chi connectivity index (χ0v) is 14.8. The van der Waals surface area contributed by atoms with Crippen LogP contribution < -0.4 is 5.32 Å². The Morgan fingerprint density at radius 1 is 1.31 bits per heavy atom. The quantitative estimate of drug-likeness (QED) is 0.495. The molecule has 1 atom stereocenters. The van der Waals surface area contributed by atoms with Crippen LogP contribution in [-0.2, 0) is 20.7 Å². The van der Waals surface area contributed by atoms with Gasteiger partial charge in [-0.05, 0) is 24.1 Å². The van der Waals surface area contributed by atoms with Crippen molar-refractivity contribution in [2.75, 3.05) is 13.7 Å². The molecule has 0 aromatic heterocycles. The van der Waals surface area contributed by atoms with Crippen LogP contribution in [0.5, 0.6) is 5.75 Å². The molecule has 0 aliphatic carbocycles. The zero-order chi connectivity index (χ0) is 19.0. The molecule has 0 saturated carbocycles. The second-order valence-corrected chi connectivity index (χ2v) is 6.28. The minimum Gasteiger partial charge on any atom is -0.508 e. The van der Waals surface area contributed by atoms with E-state index in [1.54, 1.807) is 24.3 Å². The molecule has 2 rings (SSSR count). The van der Waals surface area contributed by atoms with E-state index in [9.17, 15) is 14.7 Å². The van der Waals surface area contributed by atoms with Crippen molar-refractivity contribution < 1.29 is 19.4 Å². The number of nitrogens with zero attached hydrogens (tertiary/aromatic N) is 2. The summed E-state index contributed by atoms with van der Waals surface area (Å²) in [6, 6.07) is 6.58. The molecule has 1 amide bonds. The molecular weight excluding hydrogens is 334 g/mol. The lowest BCUT2D eigenvalue weighted by atomic mass is 9.98. The second kappa shape index (κ2) is 8.99. The lowest BCUT2D eigenvalue weighted by molar-refractivity contribution is -0.145. The number of carbonyl (C=O) groups is 2. The molecule has 0 spiro atoms. The van der Waals surface area contributed by atoms with E-state index >= 15 is 0 Å². The first-order valence-corrected chi connectivity index (χ1v) is 8.48. The Balaban J connectivity index is 1.81. The van der Waals surface area contributed by atoms with Gasteiger partial charge in [-0.2, -0.15) is 10.2 Å². The number of nitrogens with one attached hydrogen (secondary N) is 1. The molecule has 138 valence electrons. The van der Waals surface area contributed by atoms with Crippen LogP contribution in [0.4, 0.5) is 0 Å². The molecule has 0 radical (unpaired) electrons. The molecule has 1 unspecified atom stereocenters. The van der Waals surface area contributed by atoms with Crippen molar-refractivity contribution in [2.45, 2.75) is 37.8 Å². The third-order valence-electron chi connectivity index (χ3n) is 4.30. The summed E-state index contributed by atoms with van der Waals surface area (Å²) < 4.78 is 4.82. The van der Waals surface area contributed by atoms with Gasteiger partial charge in [0.25, 0.3) is 0 Å². The molecule has 1 aliphatic rings. The number of methoxy groups -OCH3 is 1. The van der Waals surface area contributed by atoms with Gasteiger partial charge in [0.15, 0.2) is 5.66 Å². The fourth-order valence-electron chi connectivity index (χ4n) is 2.63. The highest BCUT2D eigenvalue weighted by molar-refractivity contribution is 5.78. The molecule has 2 N–H and O–H groups in total. The van der Waals surface area contributed by atoms with Crippen LogP contribution in [0.2, 0.25) is 0 Å². The standard InChI is InChI=1S/C19H23N3O4/c1-3-4-10-19(21-22-19)11-9-17(24)20-13-15(18(25)26-2)12-14-5-7-16(23)8-6-14/h1,5-8,15,23H,4,9-13H2,2H3,(H,20,24). The number of aromatic hydroxyl groups is 1. The normalized spacial score (nSPS) is 14.9. The monoisotopic (exact) mass is 357 g/mol. The fraction of sp³-hybridized carbons (Fsp3) is 0.474. The smallest absolute Gasteiger partial charge is 0.310 e. The van der Waals surface area contributed by atoms with Gasteiger partial charge in [0.05, 0.1) is 13.0 Å². The van der Waals surface area contributed by atoms with Gasteiger partial charge in [-0.1, -0.05) is 12.1 Å². The summed E-state index contributed by atoms with van der Waals surface area (Å²) >= 11 is 0. The SMILES string of the molecule is C#CCCC1(CCC(=O)NCC(Cc2ccc(O)cc2)C(=O)OC)N=N1. The van der Waals surface area contributed by atoms with Crippen molar-refractivity contribution in [2.24, 2.45) is 16.1 Å². The predicted octanol–water partition coefficient (Wildman–Crippen LogP) is 2.20. The number of phenols is 1. The number of carbonyl (C=O) groups excluding carboxylic acids is 2. The van der Waals surface area contributed by atoms with Gasteiger partial charge >= 0.3 is 5.97 Å². The number of benzene rings is 1. The molecule has 7 nitrogen and oxygen atoms in total. The van der Waals surface area contributed by atoms with Crippen molar-refractivity contribution >= 4 is 11.9 Å². The summed E-state index contributed by atoms with van der Waals surface area (Å²) in [5, 5.41) is 20.1. The number of hydrogen-bond donors (Lipinski definition) is 2. The van der Waals surface area contributed by atoms with E-state index in [-0.39, 0.29) is 24.6 Å². The van der Waals surface area contributed by atoms with Gasteiger partial charge in [-0.15, -0.1) is 12.3 Å². The Hall–Kier alpha value is -2.88. The van der Waals surface area contributed by atoms with Crippen LogP contribution in [0.25, 0.3) is 0 Å². The first-order chi connectivity index (χ1) is 12.5. The van der Waals surface area contributed by atoms with E-state index in [1.807, 2.05) is 0 Å². The fourth-order valence-corrected chi connectivity index (χ4v) is 2.63. The molecule has 0 fully saturated rings. The van der Waals surface area contributed by atoms with Crippen molar-refractivity contribution in [1.82, 2.24) is 5.32 Å². The Morgan fingerprint density at radius 2 is 2.00 bits per heavy atom. The third-order valence-corrected chi connectivity index (χ3v) is 4.30. The highest BCUT2D eigenvalue weighted by Crippen LogP contribution is 2.37. The van der Waals surface area contributed by atoms with Gasteiger partial charge in [0.1, 0.15) is 5.75 Å².